The van der Waals surface area contributed by atoms with E-state index in [9.17, 15) is 9.59 Å². The van der Waals surface area contributed by atoms with E-state index in [4.69, 9.17) is 5.73 Å². The van der Waals surface area contributed by atoms with Gasteiger partial charge in [0.05, 0.1) is 11.4 Å². The van der Waals surface area contributed by atoms with Crippen LogP contribution in [0, 0.1) is 11.8 Å². The molecule has 2 heterocycles. The summed E-state index contributed by atoms with van der Waals surface area (Å²) in [5.41, 5.74) is 7.54. The molecule has 1 aliphatic carbocycles. The number of anilines is 1. The van der Waals surface area contributed by atoms with Crippen molar-refractivity contribution in [3.63, 3.8) is 0 Å². The Morgan fingerprint density at radius 3 is 3.00 bits per heavy atom. The van der Waals surface area contributed by atoms with E-state index in [0.29, 0.717) is 23.2 Å². The number of nitrogens with two attached hydrogens (primary N) is 1. The molecule has 1 aromatic carbocycles. The molecule has 116 valence electrons. The summed E-state index contributed by atoms with van der Waals surface area (Å²) >= 11 is 1.51. The fourth-order valence-corrected chi connectivity index (χ4v) is 4.66. The third kappa shape index (κ3) is 2.30. The van der Waals surface area contributed by atoms with Gasteiger partial charge in [0.15, 0.2) is 0 Å². The summed E-state index contributed by atoms with van der Waals surface area (Å²) in [5.74, 6) is 1.50. The molecule has 5 nitrogen and oxygen atoms in total. The van der Waals surface area contributed by atoms with Gasteiger partial charge in [-0.05, 0) is 42.9 Å². The van der Waals surface area contributed by atoms with Gasteiger partial charge in [-0.1, -0.05) is 0 Å². The Hall–Kier alpha value is -1.53. The lowest BCUT2D eigenvalue weighted by atomic mass is 9.98. The van der Waals surface area contributed by atoms with E-state index in [0.717, 1.165) is 36.5 Å². The molecule has 22 heavy (non-hydrogen) atoms. The highest BCUT2D eigenvalue weighted by Crippen LogP contribution is 2.38. The van der Waals surface area contributed by atoms with Crippen LogP contribution in [0.15, 0.2) is 23.1 Å². The number of nitrogens with one attached hydrogen (secondary N) is 1. The van der Waals surface area contributed by atoms with Crippen LogP contribution in [0.3, 0.4) is 0 Å². The first-order chi connectivity index (χ1) is 10.6. The zero-order valence-electron chi connectivity index (χ0n) is 12.2. The van der Waals surface area contributed by atoms with Gasteiger partial charge in [-0.15, -0.1) is 11.8 Å². The molecule has 0 bridgehead atoms. The van der Waals surface area contributed by atoms with Crippen LogP contribution in [-0.4, -0.2) is 41.6 Å². The summed E-state index contributed by atoms with van der Waals surface area (Å²) in [4.78, 5) is 27.2. The zero-order chi connectivity index (χ0) is 15.3. The van der Waals surface area contributed by atoms with Gasteiger partial charge < -0.3 is 16.0 Å². The van der Waals surface area contributed by atoms with Crippen LogP contribution in [-0.2, 0) is 4.79 Å². The molecule has 2 fully saturated rings. The van der Waals surface area contributed by atoms with Crippen LogP contribution < -0.4 is 11.1 Å². The minimum Gasteiger partial charge on any atom is -0.338 e. The zero-order valence-corrected chi connectivity index (χ0v) is 13.1. The van der Waals surface area contributed by atoms with Gasteiger partial charge >= 0.3 is 0 Å². The van der Waals surface area contributed by atoms with Crippen LogP contribution in [0.2, 0.25) is 0 Å². The lowest BCUT2D eigenvalue weighted by Gasteiger charge is -2.21. The van der Waals surface area contributed by atoms with E-state index in [1.54, 1.807) is 6.07 Å². The smallest absolute Gasteiger partial charge is 0.253 e. The maximum Gasteiger partial charge on any atom is 0.253 e. The number of fused-ring (bicyclic) bond motifs is 2. The molecule has 1 aromatic rings. The number of nitrogens with zero attached hydrogens (tertiary/aromatic N) is 1. The molecule has 1 saturated carbocycles. The van der Waals surface area contributed by atoms with Crippen molar-refractivity contribution >= 4 is 29.3 Å². The predicted octanol–water partition coefficient (Wildman–Crippen LogP) is 1.54. The van der Waals surface area contributed by atoms with Crippen LogP contribution in [0.4, 0.5) is 5.69 Å². The first-order valence-corrected chi connectivity index (χ1v) is 8.72. The Kier molecular flexibility index (Phi) is 3.38. The second-order valence-electron chi connectivity index (χ2n) is 6.42. The van der Waals surface area contributed by atoms with Crippen LogP contribution in [0.25, 0.3) is 0 Å². The topological polar surface area (TPSA) is 75.4 Å². The molecule has 6 heteroatoms. The predicted molar refractivity (Wildman–Crippen MR) is 85.9 cm³/mol. The molecular weight excluding hydrogens is 298 g/mol. The minimum absolute atomic E-state index is 0.0104. The van der Waals surface area contributed by atoms with Crippen LogP contribution >= 0.6 is 11.8 Å². The second-order valence-corrected chi connectivity index (χ2v) is 7.44. The third-order valence-electron chi connectivity index (χ3n) is 5.06. The number of benzene rings is 1. The Morgan fingerprint density at radius 2 is 2.18 bits per heavy atom. The van der Waals surface area contributed by atoms with Crippen molar-refractivity contribution in [2.45, 2.75) is 23.8 Å². The Morgan fingerprint density at radius 1 is 1.32 bits per heavy atom. The molecule has 0 aromatic heterocycles. The molecule has 2 amide bonds. The summed E-state index contributed by atoms with van der Waals surface area (Å²) in [7, 11) is 0. The van der Waals surface area contributed by atoms with E-state index < -0.39 is 0 Å². The van der Waals surface area contributed by atoms with E-state index in [-0.39, 0.29) is 17.9 Å². The standard InChI is InChI=1S/C16H19N3O2S/c17-12-3-1-10-6-19(7-11(10)12)16(21)9-2-4-14-13(5-9)18-15(20)8-22-14/h2,4-5,10-12H,1,3,6-8,17H2,(H,18,20). The molecule has 0 radical (unpaired) electrons. The highest BCUT2D eigenvalue weighted by atomic mass is 32.2. The van der Waals surface area contributed by atoms with Gasteiger partial charge in [0.25, 0.3) is 5.91 Å². The highest BCUT2D eigenvalue weighted by Gasteiger charge is 2.42. The van der Waals surface area contributed by atoms with Crippen molar-refractivity contribution in [3.05, 3.63) is 23.8 Å². The minimum atomic E-state index is -0.0104. The first kappa shape index (κ1) is 14.1. The summed E-state index contributed by atoms with van der Waals surface area (Å²) in [6, 6.07) is 5.83. The molecule has 0 spiro atoms. The monoisotopic (exact) mass is 317 g/mol. The van der Waals surface area contributed by atoms with Crippen LogP contribution in [0.5, 0.6) is 0 Å². The Balaban J connectivity index is 1.54. The van der Waals surface area contributed by atoms with Crippen molar-refractivity contribution < 1.29 is 9.59 Å². The van der Waals surface area contributed by atoms with Crippen LogP contribution in [0.1, 0.15) is 23.2 Å². The maximum atomic E-state index is 12.7. The molecule has 2 aliphatic heterocycles. The summed E-state index contributed by atoms with van der Waals surface area (Å²) in [5, 5.41) is 2.84. The lowest BCUT2D eigenvalue weighted by molar-refractivity contribution is -0.113. The van der Waals surface area contributed by atoms with E-state index in [1.165, 1.54) is 11.8 Å². The number of likely N-dealkylation sites (tertiary alicyclic amines) is 1. The number of carbonyl (C=O) groups excluding carboxylic acids is 2. The average Bonchev–Trinajstić information content (AvgIpc) is 3.08. The average molecular weight is 317 g/mol. The highest BCUT2D eigenvalue weighted by molar-refractivity contribution is 8.00. The summed E-state index contributed by atoms with van der Waals surface area (Å²) < 4.78 is 0. The van der Waals surface area contributed by atoms with Crippen molar-refractivity contribution in [1.82, 2.24) is 4.90 Å². The number of rotatable bonds is 1. The maximum absolute atomic E-state index is 12.7. The van der Waals surface area contributed by atoms with Gasteiger partial charge in [-0.25, -0.2) is 0 Å². The lowest BCUT2D eigenvalue weighted by Crippen LogP contribution is -2.33. The molecule has 3 unspecified atom stereocenters. The number of hydrogen-bond donors (Lipinski definition) is 2. The molecular formula is C16H19N3O2S. The van der Waals surface area contributed by atoms with Crippen molar-refractivity contribution in [3.8, 4) is 0 Å². The van der Waals surface area contributed by atoms with E-state index >= 15 is 0 Å². The Bertz CT molecular complexity index is 648. The molecule has 3 atom stereocenters. The second kappa shape index (κ2) is 5.28. The van der Waals surface area contributed by atoms with Crippen molar-refractivity contribution in [2.24, 2.45) is 17.6 Å². The van der Waals surface area contributed by atoms with Gasteiger partial charge in [-0.2, -0.15) is 0 Å². The van der Waals surface area contributed by atoms with Gasteiger partial charge in [-0.3, -0.25) is 9.59 Å². The first-order valence-electron chi connectivity index (χ1n) is 7.73. The van der Waals surface area contributed by atoms with Gasteiger partial charge in [0.2, 0.25) is 5.91 Å². The molecule has 4 rings (SSSR count). The SMILES string of the molecule is NC1CCC2CN(C(=O)c3ccc4c(c3)NC(=O)CS4)CC12. The normalized spacial score (nSPS) is 30.0. The number of carbonyl (C=O) groups is 2. The number of hydrogen-bond acceptors (Lipinski definition) is 4. The van der Waals surface area contributed by atoms with Crippen molar-refractivity contribution in [1.29, 1.82) is 0 Å². The quantitative estimate of drug-likeness (QED) is 0.824. The van der Waals surface area contributed by atoms with Crippen molar-refractivity contribution in [2.75, 3.05) is 24.2 Å². The van der Waals surface area contributed by atoms with Gasteiger partial charge in [0, 0.05) is 29.6 Å². The van der Waals surface area contributed by atoms with Gasteiger partial charge in [0.1, 0.15) is 0 Å². The third-order valence-corrected chi connectivity index (χ3v) is 6.13. The fraction of sp³-hybridized carbons (Fsp3) is 0.500. The molecule has 1 saturated heterocycles. The molecule has 3 aliphatic rings. The summed E-state index contributed by atoms with van der Waals surface area (Å²) in [6.45, 7) is 1.58. The Labute approximate surface area is 133 Å². The fourth-order valence-electron chi connectivity index (χ4n) is 3.87. The molecule has 3 N–H and O–H groups in total. The van der Waals surface area contributed by atoms with E-state index in [1.807, 2.05) is 17.0 Å². The summed E-state index contributed by atoms with van der Waals surface area (Å²) in [6.07, 6.45) is 2.21. The number of amides is 2. The number of thioether (sulfide) groups is 1. The van der Waals surface area contributed by atoms with E-state index in [2.05, 4.69) is 5.32 Å². The largest absolute Gasteiger partial charge is 0.338 e.